The average Bonchev–Trinajstić information content (AvgIpc) is 3.19. The van der Waals surface area contributed by atoms with Crippen molar-refractivity contribution in [2.24, 2.45) is 5.92 Å². The van der Waals surface area contributed by atoms with Crippen LogP contribution in [0.3, 0.4) is 0 Å². The molecule has 1 amide bonds. The van der Waals surface area contributed by atoms with Gasteiger partial charge in [-0.15, -0.1) is 0 Å². The van der Waals surface area contributed by atoms with Crippen LogP contribution in [0.1, 0.15) is 12.8 Å². The van der Waals surface area contributed by atoms with E-state index in [0.29, 0.717) is 10.2 Å². The van der Waals surface area contributed by atoms with E-state index in [0.717, 1.165) is 23.1 Å². The molecular weight excluding hydrogens is 358 g/mol. The molecule has 2 fully saturated rings. The van der Waals surface area contributed by atoms with Crippen LogP contribution in [-0.2, 0) is 14.8 Å². The summed E-state index contributed by atoms with van der Waals surface area (Å²) in [6, 6.07) is 5.36. The van der Waals surface area contributed by atoms with Gasteiger partial charge in [0.1, 0.15) is 0 Å². The van der Waals surface area contributed by atoms with Gasteiger partial charge >= 0.3 is 0 Å². The molecule has 0 bridgehead atoms. The number of thiazole rings is 1. The molecule has 0 unspecified atom stereocenters. The lowest BCUT2D eigenvalue weighted by molar-refractivity contribution is -0.122. The molecule has 4 rings (SSSR count). The van der Waals surface area contributed by atoms with Gasteiger partial charge in [-0.05, 0) is 31.0 Å². The summed E-state index contributed by atoms with van der Waals surface area (Å²) < 4.78 is 26.4. The van der Waals surface area contributed by atoms with Gasteiger partial charge in [-0.3, -0.25) is 4.79 Å². The van der Waals surface area contributed by atoms with Gasteiger partial charge in [0.2, 0.25) is 15.9 Å². The minimum absolute atomic E-state index is 0.183. The van der Waals surface area contributed by atoms with E-state index in [4.69, 9.17) is 11.6 Å². The molecule has 9 heteroatoms. The fourth-order valence-corrected chi connectivity index (χ4v) is 5.62. The number of sulfonamides is 1. The Morgan fingerprint density at radius 3 is 2.78 bits per heavy atom. The van der Waals surface area contributed by atoms with Gasteiger partial charge in [-0.25, -0.2) is 13.4 Å². The third kappa shape index (κ3) is 2.84. The van der Waals surface area contributed by atoms with E-state index < -0.39 is 10.0 Å². The maximum absolute atomic E-state index is 12.2. The number of aromatic nitrogens is 1. The Morgan fingerprint density at radius 1 is 1.35 bits per heavy atom. The normalized spacial score (nSPS) is 19.7. The van der Waals surface area contributed by atoms with Crippen LogP contribution in [-0.4, -0.2) is 42.0 Å². The summed E-state index contributed by atoms with van der Waals surface area (Å²) in [6.07, 6.45) is 1.48. The lowest BCUT2D eigenvalue weighted by atomic mass is 10.0. The van der Waals surface area contributed by atoms with Crippen molar-refractivity contribution < 1.29 is 13.2 Å². The molecule has 2 heterocycles. The molecule has 1 aliphatic heterocycles. The number of hydrogen-bond donors (Lipinski definition) is 1. The van der Waals surface area contributed by atoms with E-state index in [9.17, 15) is 13.2 Å². The molecule has 1 aromatic carbocycles. The molecule has 2 aromatic rings. The lowest BCUT2D eigenvalue weighted by Crippen LogP contribution is -2.55. The Morgan fingerprint density at radius 2 is 2.09 bits per heavy atom. The Labute approximate surface area is 142 Å². The quantitative estimate of drug-likeness (QED) is 0.894. The highest BCUT2D eigenvalue weighted by Crippen LogP contribution is 2.35. The summed E-state index contributed by atoms with van der Waals surface area (Å²) in [5, 5.41) is 3.69. The number of rotatable bonds is 4. The van der Waals surface area contributed by atoms with E-state index in [-0.39, 0.29) is 30.2 Å². The van der Waals surface area contributed by atoms with Gasteiger partial charge in [-0.2, -0.15) is 4.31 Å². The van der Waals surface area contributed by atoms with Gasteiger partial charge in [0.25, 0.3) is 0 Å². The number of amides is 1. The van der Waals surface area contributed by atoms with E-state index in [1.165, 1.54) is 15.6 Å². The van der Waals surface area contributed by atoms with E-state index in [1.807, 2.05) is 0 Å². The molecular formula is C14H14ClN3O3S2. The van der Waals surface area contributed by atoms with Crippen molar-refractivity contribution in [2.45, 2.75) is 18.1 Å². The van der Waals surface area contributed by atoms with Crippen LogP contribution in [0.25, 0.3) is 10.2 Å². The van der Waals surface area contributed by atoms with Gasteiger partial charge in [-0.1, -0.05) is 22.9 Å². The number of carbonyl (C=O) groups is 1. The number of benzene rings is 1. The number of halogens is 1. The number of carbonyl (C=O) groups excluding carboxylic acids is 1. The molecule has 0 atom stereocenters. The van der Waals surface area contributed by atoms with Crippen molar-refractivity contribution in [3.05, 3.63) is 23.2 Å². The Balaban J connectivity index is 1.40. The van der Waals surface area contributed by atoms with Crippen LogP contribution in [0.5, 0.6) is 0 Å². The smallest absolute Gasteiger partial charge is 0.231 e. The second kappa shape index (κ2) is 5.41. The summed E-state index contributed by atoms with van der Waals surface area (Å²) in [7, 11) is -3.17. The summed E-state index contributed by atoms with van der Waals surface area (Å²) in [5.74, 6) is -0.489. The number of nitrogens with one attached hydrogen (secondary N) is 1. The van der Waals surface area contributed by atoms with Gasteiger partial charge in [0, 0.05) is 18.1 Å². The fourth-order valence-electron chi connectivity index (χ4n) is 2.55. The van der Waals surface area contributed by atoms with E-state index >= 15 is 0 Å². The second-order valence-corrected chi connectivity index (χ2v) is 9.56. The Bertz CT molecular complexity index is 886. The number of anilines is 1. The zero-order valence-corrected chi connectivity index (χ0v) is 14.4. The summed E-state index contributed by atoms with van der Waals surface area (Å²) in [6.45, 7) is 0.531. The van der Waals surface area contributed by atoms with Crippen molar-refractivity contribution >= 4 is 54.2 Å². The summed E-state index contributed by atoms with van der Waals surface area (Å²) >= 11 is 7.29. The van der Waals surface area contributed by atoms with Crippen LogP contribution < -0.4 is 5.32 Å². The Hall–Kier alpha value is -1.22. The molecule has 23 heavy (non-hydrogen) atoms. The van der Waals surface area contributed by atoms with Crippen LogP contribution >= 0.6 is 22.9 Å². The van der Waals surface area contributed by atoms with Crippen molar-refractivity contribution in [3.63, 3.8) is 0 Å². The Kier molecular flexibility index (Phi) is 3.60. The highest BCUT2D eigenvalue weighted by molar-refractivity contribution is 7.90. The molecule has 6 nitrogen and oxygen atoms in total. The SMILES string of the molecule is O=C(Nc1nc2ccc(Cl)cc2s1)C1CN(S(=O)(=O)C2CC2)C1. The molecule has 1 aromatic heterocycles. The predicted molar refractivity (Wildman–Crippen MR) is 90.3 cm³/mol. The topological polar surface area (TPSA) is 79.4 Å². The number of hydrogen-bond acceptors (Lipinski definition) is 5. The molecule has 1 saturated carbocycles. The molecule has 1 N–H and O–H groups in total. The standard InChI is InChI=1S/C14H14ClN3O3S2/c15-9-1-4-11-12(5-9)22-14(16-11)17-13(19)8-6-18(7-8)23(20,21)10-2-3-10/h1,4-5,8,10H,2-3,6-7H2,(H,16,17,19). The maximum Gasteiger partial charge on any atom is 0.231 e. The molecule has 122 valence electrons. The van der Waals surface area contributed by atoms with Crippen LogP contribution in [0.15, 0.2) is 18.2 Å². The highest BCUT2D eigenvalue weighted by atomic mass is 35.5. The molecule has 1 saturated heterocycles. The number of fused-ring (bicyclic) bond motifs is 1. The van der Waals surface area contributed by atoms with Crippen LogP contribution in [0.2, 0.25) is 5.02 Å². The van der Waals surface area contributed by atoms with Crippen molar-refractivity contribution in [3.8, 4) is 0 Å². The average molecular weight is 372 g/mol. The minimum atomic E-state index is -3.17. The van der Waals surface area contributed by atoms with Crippen molar-refractivity contribution in [1.82, 2.24) is 9.29 Å². The molecule has 0 radical (unpaired) electrons. The van der Waals surface area contributed by atoms with Crippen LogP contribution in [0.4, 0.5) is 5.13 Å². The second-order valence-electron chi connectivity index (χ2n) is 5.88. The lowest BCUT2D eigenvalue weighted by Gasteiger charge is -2.36. The minimum Gasteiger partial charge on any atom is -0.302 e. The highest BCUT2D eigenvalue weighted by Gasteiger charge is 2.47. The third-order valence-corrected chi connectivity index (χ3v) is 7.61. The summed E-state index contributed by atoms with van der Waals surface area (Å²) in [5.41, 5.74) is 0.779. The van der Waals surface area contributed by atoms with Gasteiger partial charge in [0.15, 0.2) is 5.13 Å². The first kappa shape index (κ1) is 15.3. The van der Waals surface area contributed by atoms with E-state index in [1.54, 1.807) is 18.2 Å². The molecule has 0 spiro atoms. The molecule has 1 aliphatic carbocycles. The fraction of sp³-hybridized carbons (Fsp3) is 0.429. The third-order valence-electron chi connectivity index (χ3n) is 4.10. The van der Waals surface area contributed by atoms with Crippen molar-refractivity contribution in [1.29, 1.82) is 0 Å². The zero-order chi connectivity index (χ0) is 16.2. The molecule has 2 aliphatic rings. The van der Waals surface area contributed by atoms with Crippen LogP contribution in [0, 0.1) is 5.92 Å². The first-order chi connectivity index (χ1) is 10.9. The monoisotopic (exact) mass is 371 g/mol. The van der Waals surface area contributed by atoms with E-state index in [2.05, 4.69) is 10.3 Å². The largest absolute Gasteiger partial charge is 0.302 e. The predicted octanol–water partition coefficient (Wildman–Crippen LogP) is 2.31. The summed E-state index contributed by atoms with van der Waals surface area (Å²) in [4.78, 5) is 16.5. The van der Waals surface area contributed by atoms with Crippen molar-refractivity contribution in [2.75, 3.05) is 18.4 Å². The van der Waals surface area contributed by atoms with Gasteiger partial charge in [0.05, 0.1) is 21.4 Å². The first-order valence-electron chi connectivity index (χ1n) is 7.29. The van der Waals surface area contributed by atoms with Gasteiger partial charge < -0.3 is 5.32 Å². The number of nitrogens with zero attached hydrogens (tertiary/aromatic N) is 2. The first-order valence-corrected chi connectivity index (χ1v) is 9.99. The zero-order valence-electron chi connectivity index (χ0n) is 12.0. The maximum atomic E-state index is 12.2.